The van der Waals surface area contributed by atoms with Crippen LogP contribution in [0.2, 0.25) is 6.55 Å². The van der Waals surface area contributed by atoms with Crippen LogP contribution in [0, 0.1) is 0 Å². The molecule has 0 aliphatic carbocycles. The van der Waals surface area contributed by atoms with E-state index in [0.29, 0.717) is 19.8 Å². The maximum absolute atomic E-state index is 5.72. The summed E-state index contributed by atoms with van der Waals surface area (Å²) in [4.78, 5) is 0. The summed E-state index contributed by atoms with van der Waals surface area (Å²) in [6.45, 7) is 14.7. The van der Waals surface area contributed by atoms with Crippen molar-refractivity contribution in [3.05, 3.63) is 38.0 Å². The molecule has 17 heavy (non-hydrogen) atoms. The van der Waals surface area contributed by atoms with Gasteiger partial charge in [0.2, 0.25) is 0 Å². The van der Waals surface area contributed by atoms with Gasteiger partial charge in [0.15, 0.2) is 0 Å². The van der Waals surface area contributed by atoms with Crippen LogP contribution in [0.15, 0.2) is 38.0 Å². The van der Waals surface area contributed by atoms with Crippen LogP contribution in [0.3, 0.4) is 0 Å². The fourth-order valence-corrected chi connectivity index (χ4v) is 2.82. The van der Waals surface area contributed by atoms with E-state index in [0.717, 1.165) is 19.3 Å². The van der Waals surface area contributed by atoms with Gasteiger partial charge in [-0.05, 0) is 19.3 Å². The third-order valence-corrected chi connectivity index (χ3v) is 4.24. The molecular formula is C13H24O3Si. The highest BCUT2D eigenvalue weighted by atomic mass is 28.4. The predicted octanol–water partition coefficient (Wildman–Crippen LogP) is 3.33. The molecule has 0 amide bonds. The zero-order valence-electron chi connectivity index (χ0n) is 10.8. The highest BCUT2D eigenvalue weighted by Crippen LogP contribution is 2.11. The molecule has 3 nitrogen and oxygen atoms in total. The molecule has 0 spiro atoms. The van der Waals surface area contributed by atoms with E-state index in [1.54, 1.807) is 0 Å². The van der Waals surface area contributed by atoms with Crippen LogP contribution in [0.4, 0.5) is 0 Å². The van der Waals surface area contributed by atoms with Gasteiger partial charge < -0.3 is 13.3 Å². The molecule has 0 heterocycles. The highest BCUT2D eigenvalue weighted by molar-refractivity contribution is 6.59. The first-order valence-electron chi connectivity index (χ1n) is 5.93. The lowest BCUT2D eigenvalue weighted by Crippen LogP contribution is -2.43. The Bertz CT molecular complexity index is 193. The van der Waals surface area contributed by atoms with E-state index >= 15 is 0 Å². The minimum absolute atomic E-state index is 0.592. The Labute approximate surface area is 106 Å². The van der Waals surface area contributed by atoms with Crippen LogP contribution in [-0.2, 0) is 13.3 Å². The van der Waals surface area contributed by atoms with E-state index in [9.17, 15) is 0 Å². The zero-order valence-corrected chi connectivity index (χ0v) is 11.8. The quantitative estimate of drug-likeness (QED) is 0.304. The van der Waals surface area contributed by atoms with Gasteiger partial charge in [0.05, 0.1) is 0 Å². The maximum Gasteiger partial charge on any atom is 0.497 e. The lowest BCUT2D eigenvalue weighted by molar-refractivity contribution is 0.0696. The monoisotopic (exact) mass is 256 g/mol. The maximum atomic E-state index is 5.72. The molecule has 0 N–H and O–H groups in total. The Morgan fingerprint density at radius 2 is 1.06 bits per heavy atom. The van der Waals surface area contributed by atoms with Crippen molar-refractivity contribution >= 4 is 8.80 Å². The average Bonchev–Trinajstić information content (AvgIpc) is 2.30. The van der Waals surface area contributed by atoms with Gasteiger partial charge in [-0.15, -0.1) is 19.7 Å². The first-order chi connectivity index (χ1) is 8.18. The average molecular weight is 256 g/mol. The molecule has 0 aromatic carbocycles. The van der Waals surface area contributed by atoms with E-state index < -0.39 is 8.80 Å². The van der Waals surface area contributed by atoms with Gasteiger partial charge >= 0.3 is 8.80 Å². The Morgan fingerprint density at radius 3 is 1.29 bits per heavy atom. The standard InChI is InChI=1S/C13H24O3Si/c1-5-8-11-14-17(4,15-12-9-6-2)16-13-10-7-3/h5-7H,1-3,8-13H2,4H3. The van der Waals surface area contributed by atoms with Crippen LogP contribution in [0.1, 0.15) is 19.3 Å². The van der Waals surface area contributed by atoms with Crippen LogP contribution < -0.4 is 0 Å². The molecule has 98 valence electrons. The van der Waals surface area contributed by atoms with Crippen molar-refractivity contribution in [1.82, 2.24) is 0 Å². The van der Waals surface area contributed by atoms with Gasteiger partial charge in [-0.1, -0.05) is 18.2 Å². The Morgan fingerprint density at radius 1 is 0.765 bits per heavy atom. The van der Waals surface area contributed by atoms with E-state index in [4.69, 9.17) is 13.3 Å². The highest BCUT2D eigenvalue weighted by Gasteiger charge is 2.34. The number of rotatable bonds is 12. The van der Waals surface area contributed by atoms with Gasteiger partial charge in [-0.25, -0.2) is 0 Å². The third kappa shape index (κ3) is 9.06. The summed E-state index contributed by atoms with van der Waals surface area (Å²) in [5.41, 5.74) is 0. The fourth-order valence-electron chi connectivity index (χ4n) is 1.11. The molecule has 0 fully saturated rings. The van der Waals surface area contributed by atoms with Crippen molar-refractivity contribution in [2.45, 2.75) is 25.8 Å². The first-order valence-corrected chi connectivity index (χ1v) is 8.15. The van der Waals surface area contributed by atoms with Gasteiger partial charge in [-0.2, -0.15) is 0 Å². The summed E-state index contributed by atoms with van der Waals surface area (Å²) < 4.78 is 17.2. The second-order valence-electron chi connectivity index (χ2n) is 3.64. The summed E-state index contributed by atoms with van der Waals surface area (Å²) in [6, 6.07) is 0. The van der Waals surface area contributed by atoms with Crippen LogP contribution in [0.5, 0.6) is 0 Å². The van der Waals surface area contributed by atoms with E-state index in [-0.39, 0.29) is 0 Å². The van der Waals surface area contributed by atoms with Gasteiger partial charge in [0.25, 0.3) is 0 Å². The summed E-state index contributed by atoms with van der Waals surface area (Å²) in [5, 5.41) is 0. The molecule has 0 bridgehead atoms. The molecule has 0 unspecified atom stereocenters. The molecular weight excluding hydrogens is 232 g/mol. The van der Waals surface area contributed by atoms with Crippen LogP contribution >= 0.6 is 0 Å². The minimum atomic E-state index is -2.50. The van der Waals surface area contributed by atoms with E-state index in [1.807, 2.05) is 24.8 Å². The molecule has 0 atom stereocenters. The normalized spacial score (nSPS) is 11.1. The second-order valence-corrected chi connectivity index (χ2v) is 6.23. The van der Waals surface area contributed by atoms with Crippen molar-refractivity contribution in [3.8, 4) is 0 Å². The molecule has 0 radical (unpaired) electrons. The third-order valence-electron chi connectivity index (χ3n) is 2.06. The van der Waals surface area contributed by atoms with Gasteiger partial charge in [0.1, 0.15) is 0 Å². The molecule has 0 saturated carbocycles. The molecule has 0 aliphatic rings. The smallest absolute Gasteiger partial charge is 0.373 e. The Balaban J connectivity index is 4.07. The number of hydrogen-bond acceptors (Lipinski definition) is 3. The van der Waals surface area contributed by atoms with E-state index in [1.165, 1.54) is 0 Å². The van der Waals surface area contributed by atoms with Crippen molar-refractivity contribution in [2.24, 2.45) is 0 Å². The minimum Gasteiger partial charge on any atom is -0.373 e. The molecule has 4 heteroatoms. The zero-order chi connectivity index (χ0) is 13.0. The Hall–Kier alpha value is -0.683. The fraction of sp³-hybridized carbons (Fsp3) is 0.538. The van der Waals surface area contributed by atoms with Crippen LogP contribution in [0.25, 0.3) is 0 Å². The molecule has 0 aromatic rings. The lowest BCUT2D eigenvalue weighted by Gasteiger charge is -2.25. The van der Waals surface area contributed by atoms with Crippen molar-refractivity contribution in [3.63, 3.8) is 0 Å². The summed E-state index contributed by atoms with van der Waals surface area (Å²) in [6.07, 6.45) is 7.88. The molecule has 0 rings (SSSR count). The molecule has 0 saturated heterocycles. The summed E-state index contributed by atoms with van der Waals surface area (Å²) >= 11 is 0. The Kier molecular flexibility index (Phi) is 10.0. The SMILES string of the molecule is C=CCCO[Si](C)(OCCC=C)OCCC=C. The second kappa shape index (κ2) is 10.5. The topological polar surface area (TPSA) is 27.7 Å². The lowest BCUT2D eigenvalue weighted by atomic mass is 10.5. The molecule has 0 aliphatic heterocycles. The summed E-state index contributed by atoms with van der Waals surface area (Å²) in [5.74, 6) is 0. The van der Waals surface area contributed by atoms with E-state index in [2.05, 4.69) is 19.7 Å². The van der Waals surface area contributed by atoms with Crippen LogP contribution in [-0.4, -0.2) is 28.6 Å². The van der Waals surface area contributed by atoms with Gasteiger partial charge in [0, 0.05) is 26.4 Å². The number of hydrogen-bond donors (Lipinski definition) is 0. The van der Waals surface area contributed by atoms with Crippen molar-refractivity contribution in [2.75, 3.05) is 19.8 Å². The largest absolute Gasteiger partial charge is 0.497 e. The first kappa shape index (κ1) is 16.3. The van der Waals surface area contributed by atoms with Gasteiger partial charge in [-0.3, -0.25) is 0 Å². The molecule has 0 aromatic heterocycles. The summed E-state index contributed by atoms with van der Waals surface area (Å²) in [7, 11) is -2.50. The van der Waals surface area contributed by atoms with Crippen molar-refractivity contribution in [1.29, 1.82) is 0 Å². The van der Waals surface area contributed by atoms with Crippen molar-refractivity contribution < 1.29 is 13.3 Å². The predicted molar refractivity (Wildman–Crippen MR) is 73.9 cm³/mol.